The van der Waals surface area contributed by atoms with Gasteiger partial charge in [-0.3, -0.25) is 19.0 Å². The monoisotopic (exact) mass is 507 g/mol. The number of fused-ring (bicyclic) bond motifs is 1. The van der Waals surface area contributed by atoms with E-state index in [-0.39, 0.29) is 17.1 Å². The van der Waals surface area contributed by atoms with Gasteiger partial charge in [-0.2, -0.15) is 5.10 Å². The van der Waals surface area contributed by atoms with E-state index in [1.807, 2.05) is 31.4 Å². The molecule has 1 aliphatic carbocycles. The van der Waals surface area contributed by atoms with Crippen LogP contribution in [0.1, 0.15) is 12.8 Å². The summed E-state index contributed by atoms with van der Waals surface area (Å²) in [4.78, 5) is 12.8. The number of rotatable bonds is 6. The molecule has 12 heteroatoms. The van der Waals surface area contributed by atoms with E-state index < -0.39 is 26.9 Å². The fourth-order valence-corrected chi connectivity index (χ4v) is 5.33. The Morgan fingerprint density at radius 3 is 2.56 bits per heavy atom. The minimum atomic E-state index is -3.64. The van der Waals surface area contributed by atoms with Crippen LogP contribution in [-0.2, 0) is 17.1 Å². The van der Waals surface area contributed by atoms with Crippen molar-refractivity contribution in [1.29, 1.82) is 0 Å². The van der Waals surface area contributed by atoms with Gasteiger partial charge < -0.3 is 0 Å². The molecule has 5 aromatic rings. The zero-order chi connectivity index (χ0) is 25.0. The summed E-state index contributed by atoms with van der Waals surface area (Å²) in [5.41, 5.74) is 3.35. The summed E-state index contributed by atoms with van der Waals surface area (Å²) in [5, 5.41) is 3.72. The summed E-state index contributed by atoms with van der Waals surface area (Å²) in [6, 6.07) is 9.34. The number of aryl methyl sites for hydroxylation is 1. The largest absolute Gasteiger partial charge is 0.283 e. The third kappa shape index (κ3) is 4.09. The summed E-state index contributed by atoms with van der Waals surface area (Å²) in [6.07, 6.45) is 7.25. The number of sulfonamides is 1. The SMILES string of the molecule is Cn1cc(-c2ccc3c(c2)ncn3-c2cc(-c3ncc(F)cc3F)cc(NS(=O)(=O)C3CC3)n2)cn1. The first-order chi connectivity index (χ1) is 17.3. The van der Waals surface area contributed by atoms with E-state index in [4.69, 9.17) is 0 Å². The molecule has 0 amide bonds. The molecule has 1 fully saturated rings. The first-order valence-corrected chi connectivity index (χ1v) is 12.6. The highest BCUT2D eigenvalue weighted by Gasteiger charge is 2.36. The average Bonchev–Trinajstić information content (AvgIpc) is 3.49. The molecule has 1 saturated carbocycles. The smallest absolute Gasteiger partial charge is 0.236 e. The topological polar surface area (TPSA) is 108 Å². The Balaban J connectivity index is 1.47. The predicted molar refractivity (Wildman–Crippen MR) is 130 cm³/mol. The molecule has 0 atom stereocenters. The number of nitrogens with one attached hydrogen (secondary N) is 1. The molecule has 6 rings (SSSR count). The third-order valence-electron chi connectivity index (χ3n) is 5.94. The van der Waals surface area contributed by atoms with Crippen molar-refractivity contribution in [2.24, 2.45) is 7.05 Å². The summed E-state index contributed by atoms with van der Waals surface area (Å²) >= 11 is 0. The lowest BCUT2D eigenvalue weighted by Gasteiger charge is -2.12. The number of pyridine rings is 2. The van der Waals surface area contributed by atoms with E-state index in [2.05, 4.69) is 24.8 Å². The van der Waals surface area contributed by atoms with Crippen LogP contribution in [0.4, 0.5) is 14.6 Å². The number of imidazole rings is 1. The van der Waals surface area contributed by atoms with Gasteiger partial charge in [-0.1, -0.05) is 6.07 Å². The van der Waals surface area contributed by atoms with Crippen LogP contribution in [-0.4, -0.2) is 43.0 Å². The van der Waals surface area contributed by atoms with Crippen LogP contribution in [0.3, 0.4) is 0 Å². The van der Waals surface area contributed by atoms with Gasteiger partial charge in [0.15, 0.2) is 5.82 Å². The molecular formula is C24H19F2N7O2S. The lowest BCUT2D eigenvalue weighted by atomic mass is 10.1. The van der Waals surface area contributed by atoms with E-state index in [0.29, 0.717) is 29.7 Å². The van der Waals surface area contributed by atoms with Crippen LogP contribution in [0.25, 0.3) is 39.2 Å². The Hall–Kier alpha value is -4.19. The molecule has 0 unspecified atom stereocenters. The van der Waals surface area contributed by atoms with Gasteiger partial charge in [0.05, 0.1) is 28.7 Å². The second-order valence-electron chi connectivity index (χ2n) is 8.65. The molecule has 0 spiro atoms. The Labute approximate surface area is 204 Å². The highest BCUT2D eigenvalue weighted by atomic mass is 32.2. The maximum Gasteiger partial charge on any atom is 0.236 e. The van der Waals surface area contributed by atoms with Crippen molar-refractivity contribution in [3.05, 3.63) is 73.0 Å². The Bertz CT molecular complexity index is 1740. The third-order valence-corrected chi connectivity index (χ3v) is 7.78. The van der Waals surface area contributed by atoms with Gasteiger partial charge in [0.1, 0.15) is 29.5 Å². The van der Waals surface area contributed by atoms with E-state index in [1.54, 1.807) is 27.8 Å². The molecule has 0 bridgehead atoms. The fourth-order valence-electron chi connectivity index (χ4n) is 4.01. The lowest BCUT2D eigenvalue weighted by molar-refractivity contribution is 0.576. The number of benzene rings is 1. The molecule has 9 nitrogen and oxygen atoms in total. The Morgan fingerprint density at radius 2 is 1.83 bits per heavy atom. The van der Waals surface area contributed by atoms with Gasteiger partial charge in [0.25, 0.3) is 0 Å². The molecule has 36 heavy (non-hydrogen) atoms. The summed E-state index contributed by atoms with van der Waals surface area (Å²) < 4.78 is 59.1. The predicted octanol–water partition coefficient (Wildman–Crippen LogP) is 4.07. The van der Waals surface area contributed by atoms with Crippen molar-refractivity contribution >= 4 is 26.9 Å². The van der Waals surface area contributed by atoms with Crippen LogP contribution < -0.4 is 4.72 Å². The zero-order valence-electron chi connectivity index (χ0n) is 18.9. The van der Waals surface area contributed by atoms with E-state index in [0.717, 1.165) is 23.4 Å². The van der Waals surface area contributed by atoms with Gasteiger partial charge in [0.2, 0.25) is 10.0 Å². The second-order valence-corrected chi connectivity index (χ2v) is 10.6. The minimum absolute atomic E-state index is 0.00811. The van der Waals surface area contributed by atoms with Gasteiger partial charge in [0, 0.05) is 30.4 Å². The first kappa shape index (κ1) is 22.3. The maximum atomic E-state index is 14.6. The highest BCUT2D eigenvalue weighted by Crippen LogP contribution is 2.32. The standard InChI is InChI=1S/C24H19F2N7O2S/c1-32-12-16(10-29-32)14-2-5-21-20(6-14)28-13-33(21)23-8-15(24-19(26)9-17(25)11-27-24)7-22(30-23)31-36(34,35)18-3-4-18/h2,5-13,18H,3-4H2,1H3,(H,30,31). The summed E-state index contributed by atoms with van der Waals surface area (Å²) in [6.45, 7) is 0. The van der Waals surface area contributed by atoms with Crippen molar-refractivity contribution < 1.29 is 17.2 Å². The van der Waals surface area contributed by atoms with Gasteiger partial charge >= 0.3 is 0 Å². The van der Waals surface area contributed by atoms with Gasteiger partial charge in [-0.15, -0.1) is 0 Å². The van der Waals surface area contributed by atoms with Crippen LogP contribution in [0.5, 0.6) is 0 Å². The van der Waals surface area contributed by atoms with Crippen LogP contribution in [0.15, 0.2) is 61.3 Å². The maximum absolute atomic E-state index is 14.6. The number of hydrogen-bond donors (Lipinski definition) is 1. The van der Waals surface area contributed by atoms with Gasteiger partial charge in [-0.25, -0.2) is 27.2 Å². The van der Waals surface area contributed by atoms with Gasteiger partial charge in [-0.05, 0) is 42.7 Å². The molecular weight excluding hydrogens is 488 g/mol. The van der Waals surface area contributed by atoms with Crippen LogP contribution in [0, 0.1) is 11.6 Å². The fraction of sp³-hybridized carbons (Fsp3) is 0.167. The zero-order valence-corrected chi connectivity index (χ0v) is 19.7. The normalized spacial score (nSPS) is 13.9. The van der Waals surface area contributed by atoms with Crippen molar-refractivity contribution in [2.75, 3.05) is 4.72 Å². The Morgan fingerprint density at radius 1 is 1.00 bits per heavy atom. The molecule has 1 aromatic carbocycles. The van der Waals surface area contributed by atoms with E-state index in [9.17, 15) is 17.2 Å². The second kappa shape index (κ2) is 8.19. The minimum Gasteiger partial charge on any atom is -0.283 e. The Kier molecular flexibility index (Phi) is 5.07. The summed E-state index contributed by atoms with van der Waals surface area (Å²) in [5.74, 6) is -1.39. The van der Waals surface area contributed by atoms with Crippen molar-refractivity contribution in [2.45, 2.75) is 18.1 Å². The van der Waals surface area contributed by atoms with E-state index in [1.165, 1.54) is 6.07 Å². The van der Waals surface area contributed by atoms with Crippen molar-refractivity contribution in [3.8, 4) is 28.2 Å². The average molecular weight is 508 g/mol. The number of hydrogen-bond acceptors (Lipinski definition) is 6. The quantitative estimate of drug-likeness (QED) is 0.371. The molecule has 0 radical (unpaired) electrons. The number of aromatic nitrogens is 6. The molecule has 1 N–H and O–H groups in total. The van der Waals surface area contributed by atoms with Crippen molar-refractivity contribution in [1.82, 2.24) is 29.3 Å². The number of halogens is 2. The summed E-state index contributed by atoms with van der Waals surface area (Å²) in [7, 11) is -1.80. The molecule has 1 aliphatic rings. The molecule has 0 saturated heterocycles. The molecule has 182 valence electrons. The lowest BCUT2D eigenvalue weighted by Crippen LogP contribution is -2.18. The van der Waals surface area contributed by atoms with Crippen LogP contribution >= 0.6 is 0 Å². The van der Waals surface area contributed by atoms with E-state index >= 15 is 0 Å². The molecule has 4 aromatic heterocycles. The first-order valence-electron chi connectivity index (χ1n) is 11.1. The molecule has 0 aliphatic heterocycles. The highest BCUT2D eigenvalue weighted by molar-refractivity contribution is 7.93. The number of anilines is 1. The molecule has 4 heterocycles. The number of nitrogens with zero attached hydrogens (tertiary/aromatic N) is 6. The van der Waals surface area contributed by atoms with Crippen molar-refractivity contribution in [3.63, 3.8) is 0 Å². The van der Waals surface area contributed by atoms with Crippen LogP contribution in [0.2, 0.25) is 0 Å².